The van der Waals surface area contributed by atoms with Crippen LogP contribution in [-0.4, -0.2) is 48.4 Å². The molecule has 17 heavy (non-hydrogen) atoms. The maximum Gasteiger partial charge on any atom is 0.224 e. The maximum atomic E-state index is 12.0. The third-order valence-corrected chi connectivity index (χ3v) is 4.15. The fraction of sp³-hybridized carbons (Fsp3) is 0.786. The molecule has 1 amide bonds. The minimum atomic E-state index is 0.132. The van der Waals surface area contributed by atoms with Crippen molar-refractivity contribution in [2.24, 2.45) is 5.92 Å². The Labute approximate surface area is 104 Å². The van der Waals surface area contributed by atoms with E-state index < -0.39 is 0 Å². The second-order valence-corrected chi connectivity index (χ2v) is 5.50. The average Bonchev–Trinajstić information content (AvgIpc) is 2.70. The van der Waals surface area contributed by atoms with Crippen LogP contribution in [0.15, 0.2) is 0 Å². The number of rotatable bonds is 2. The van der Waals surface area contributed by atoms with Crippen molar-refractivity contribution in [1.82, 2.24) is 9.80 Å². The Kier molecular flexibility index (Phi) is 3.73. The third-order valence-electron chi connectivity index (χ3n) is 4.15. The fourth-order valence-corrected chi connectivity index (χ4v) is 3.22. The number of carbonyl (C=O) groups excluding carboxylic acids is 1. The first-order valence-electron chi connectivity index (χ1n) is 6.55. The molecule has 0 radical (unpaired) electrons. The van der Waals surface area contributed by atoms with E-state index in [9.17, 15) is 4.79 Å². The quantitative estimate of drug-likeness (QED) is 0.673. The van der Waals surface area contributed by atoms with Crippen LogP contribution < -0.4 is 0 Å². The molecule has 0 aromatic rings. The van der Waals surface area contributed by atoms with Gasteiger partial charge >= 0.3 is 0 Å². The standard InChI is InChI=1S/C14H22N2O/c1-4-11-9-14(17)16(10-11)13-8-6-5-7-12(13)15(2)3/h1,11-13H,5-10H2,2-3H3/t11?,12-,13-/m0/s1. The van der Waals surface area contributed by atoms with Crippen LogP contribution in [0, 0.1) is 18.3 Å². The zero-order valence-corrected chi connectivity index (χ0v) is 10.9. The summed E-state index contributed by atoms with van der Waals surface area (Å²) in [6, 6.07) is 0.883. The Morgan fingerprint density at radius 2 is 2.06 bits per heavy atom. The van der Waals surface area contributed by atoms with Gasteiger partial charge in [0.25, 0.3) is 0 Å². The van der Waals surface area contributed by atoms with Crippen LogP contribution in [-0.2, 0) is 4.79 Å². The van der Waals surface area contributed by atoms with Gasteiger partial charge in [-0.15, -0.1) is 12.3 Å². The van der Waals surface area contributed by atoms with Crippen molar-refractivity contribution in [2.75, 3.05) is 20.6 Å². The van der Waals surface area contributed by atoms with E-state index in [4.69, 9.17) is 6.42 Å². The molecule has 0 N–H and O–H groups in total. The van der Waals surface area contributed by atoms with Crippen LogP contribution in [0.3, 0.4) is 0 Å². The fourth-order valence-electron chi connectivity index (χ4n) is 3.22. The lowest BCUT2D eigenvalue weighted by molar-refractivity contribution is -0.131. The minimum absolute atomic E-state index is 0.132. The normalized spacial score (nSPS) is 34.1. The third kappa shape index (κ3) is 2.47. The molecule has 3 nitrogen and oxygen atoms in total. The Balaban J connectivity index is 2.09. The number of terminal acetylenes is 1. The number of amides is 1. The zero-order valence-electron chi connectivity index (χ0n) is 10.9. The number of nitrogens with zero attached hydrogens (tertiary/aromatic N) is 2. The summed E-state index contributed by atoms with van der Waals surface area (Å²) in [4.78, 5) is 16.3. The van der Waals surface area contributed by atoms with E-state index in [1.165, 1.54) is 19.3 Å². The smallest absolute Gasteiger partial charge is 0.224 e. The highest BCUT2D eigenvalue weighted by Crippen LogP contribution is 2.30. The van der Waals surface area contributed by atoms with E-state index in [2.05, 4.69) is 24.9 Å². The molecule has 1 aliphatic heterocycles. The second-order valence-electron chi connectivity index (χ2n) is 5.50. The molecule has 1 unspecified atom stereocenters. The van der Waals surface area contributed by atoms with Crippen molar-refractivity contribution in [3.05, 3.63) is 0 Å². The molecule has 3 atom stereocenters. The van der Waals surface area contributed by atoms with Crippen LogP contribution in [0.4, 0.5) is 0 Å². The second kappa shape index (κ2) is 5.10. The van der Waals surface area contributed by atoms with Crippen molar-refractivity contribution < 1.29 is 4.79 Å². The van der Waals surface area contributed by atoms with Gasteiger partial charge in [-0.1, -0.05) is 12.8 Å². The highest BCUT2D eigenvalue weighted by molar-refractivity contribution is 5.79. The van der Waals surface area contributed by atoms with Crippen LogP contribution >= 0.6 is 0 Å². The summed E-state index contributed by atoms with van der Waals surface area (Å²) in [7, 11) is 4.23. The molecule has 2 rings (SSSR count). The van der Waals surface area contributed by atoms with Gasteiger partial charge in [-0.05, 0) is 26.9 Å². The van der Waals surface area contributed by atoms with Crippen molar-refractivity contribution in [1.29, 1.82) is 0 Å². The molecule has 2 aliphatic rings. The van der Waals surface area contributed by atoms with Crippen molar-refractivity contribution >= 4 is 5.91 Å². The molecule has 1 saturated heterocycles. The number of likely N-dealkylation sites (tertiary alicyclic amines) is 1. The van der Waals surface area contributed by atoms with Crippen LogP contribution in [0.1, 0.15) is 32.1 Å². The van der Waals surface area contributed by atoms with Gasteiger partial charge in [0, 0.05) is 31.0 Å². The molecule has 1 aliphatic carbocycles. The highest BCUT2D eigenvalue weighted by atomic mass is 16.2. The Hall–Kier alpha value is -1.01. The van der Waals surface area contributed by atoms with E-state index in [-0.39, 0.29) is 11.8 Å². The largest absolute Gasteiger partial charge is 0.337 e. The molecule has 0 aromatic heterocycles. The lowest BCUT2D eigenvalue weighted by Crippen LogP contribution is -2.51. The molecular formula is C14H22N2O. The molecule has 3 heteroatoms. The average molecular weight is 234 g/mol. The van der Waals surface area contributed by atoms with E-state index in [0.29, 0.717) is 18.5 Å². The van der Waals surface area contributed by atoms with Gasteiger partial charge in [-0.25, -0.2) is 0 Å². The molecule has 0 aromatic carbocycles. The maximum absolute atomic E-state index is 12.0. The molecule has 1 heterocycles. The lowest BCUT2D eigenvalue weighted by atomic mass is 9.88. The molecule has 1 saturated carbocycles. The van der Waals surface area contributed by atoms with Crippen LogP contribution in [0.2, 0.25) is 0 Å². The molecular weight excluding hydrogens is 212 g/mol. The SMILES string of the molecule is C#CC1CC(=O)N([C@H]2CCCC[C@@H]2N(C)C)C1. The van der Waals surface area contributed by atoms with Gasteiger partial charge in [-0.3, -0.25) is 4.79 Å². The van der Waals surface area contributed by atoms with Gasteiger partial charge in [0.2, 0.25) is 5.91 Å². The molecule has 0 spiro atoms. The van der Waals surface area contributed by atoms with Gasteiger partial charge in [-0.2, -0.15) is 0 Å². The first kappa shape index (κ1) is 12.4. The number of hydrogen-bond donors (Lipinski definition) is 0. The summed E-state index contributed by atoms with van der Waals surface area (Å²) in [5, 5.41) is 0. The minimum Gasteiger partial charge on any atom is -0.337 e. The van der Waals surface area contributed by atoms with Crippen molar-refractivity contribution in [3.63, 3.8) is 0 Å². The lowest BCUT2D eigenvalue weighted by Gasteiger charge is -2.41. The van der Waals surface area contributed by atoms with Crippen LogP contribution in [0.5, 0.6) is 0 Å². The predicted octanol–water partition coefficient (Wildman–Crippen LogP) is 1.34. The summed E-state index contributed by atoms with van der Waals surface area (Å²) in [6.07, 6.45) is 10.8. The van der Waals surface area contributed by atoms with E-state index in [1.54, 1.807) is 0 Å². The monoisotopic (exact) mass is 234 g/mol. The van der Waals surface area contributed by atoms with Crippen molar-refractivity contribution in [2.45, 2.75) is 44.2 Å². The first-order valence-corrected chi connectivity index (χ1v) is 6.55. The zero-order chi connectivity index (χ0) is 12.4. The number of carbonyl (C=O) groups is 1. The Bertz CT molecular complexity index is 332. The van der Waals surface area contributed by atoms with Gasteiger partial charge in [0.1, 0.15) is 0 Å². The highest BCUT2D eigenvalue weighted by Gasteiger charge is 2.38. The predicted molar refractivity (Wildman–Crippen MR) is 68.4 cm³/mol. The van der Waals surface area contributed by atoms with E-state index >= 15 is 0 Å². The molecule has 2 fully saturated rings. The Morgan fingerprint density at radius 3 is 2.65 bits per heavy atom. The Morgan fingerprint density at radius 1 is 1.35 bits per heavy atom. The summed E-state index contributed by atoms with van der Waals surface area (Å²) >= 11 is 0. The molecule has 94 valence electrons. The summed E-state index contributed by atoms with van der Waals surface area (Å²) in [5.41, 5.74) is 0. The van der Waals surface area contributed by atoms with Gasteiger partial charge in [0.15, 0.2) is 0 Å². The van der Waals surface area contributed by atoms with Gasteiger partial charge < -0.3 is 9.80 Å². The summed E-state index contributed by atoms with van der Waals surface area (Å²) < 4.78 is 0. The number of hydrogen-bond acceptors (Lipinski definition) is 2. The van der Waals surface area contributed by atoms with E-state index in [1.807, 2.05) is 4.90 Å². The first-order chi connectivity index (χ1) is 8.13. The van der Waals surface area contributed by atoms with Gasteiger partial charge in [0.05, 0.1) is 0 Å². The summed E-state index contributed by atoms with van der Waals surface area (Å²) in [5.74, 6) is 3.12. The molecule has 0 bridgehead atoms. The summed E-state index contributed by atoms with van der Waals surface area (Å²) in [6.45, 7) is 0.768. The topological polar surface area (TPSA) is 23.6 Å². The van der Waals surface area contributed by atoms with Crippen molar-refractivity contribution in [3.8, 4) is 12.3 Å². The van der Waals surface area contributed by atoms with Crippen LogP contribution in [0.25, 0.3) is 0 Å². The number of likely N-dealkylation sites (N-methyl/N-ethyl adjacent to an activating group) is 1. The van der Waals surface area contributed by atoms with E-state index in [0.717, 1.165) is 13.0 Å².